The van der Waals surface area contributed by atoms with Gasteiger partial charge in [-0.15, -0.1) is 0 Å². The average Bonchev–Trinajstić information content (AvgIpc) is 1.12. The minimum Gasteiger partial charge on any atom is 0 e. The van der Waals surface area contributed by atoms with Crippen molar-refractivity contribution in [1.82, 2.24) is 0 Å². The second-order valence-electron chi connectivity index (χ2n) is 0.816. The molecule has 0 aromatic rings. The molecule has 12 heteroatoms. The Kier molecular flexibility index (Phi) is 20.7. The quantitative estimate of drug-likeness (QED) is 0.299. The van der Waals surface area contributed by atoms with Gasteiger partial charge in [-0.1, -0.05) is 0 Å². The molecule has 0 atom stereocenters. The largest absolute Gasteiger partial charge is 0 e. The molecule has 0 fully saturated rings. The van der Waals surface area contributed by atoms with Gasteiger partial charge in [0.15, 0.2) is 0 Å². The molecule has 0 saturated heterocycles. The predicted octanol–water partition coefficient (Wildman–Crippen LogP) is -5.24. The normalized spacial score (nSPS) is 9.67. The van der Waals surface area contributed by atoms with Gasteiger partial charge in [0.25, 0.3) is 0 Å². The van der Waals surface area contributed by atoms with Crippen LogP contribution in [-0.2, 0) is 42.4 Å². The Morgan fingerprint density at radius 1 is 0.583 bits per heavy atom. The second-order valence-corrected chi connectivity index (χ2v) is 3.37. The molecule has 0 radical (unpaired) electrons. The van der Waals surface area contributed by atoms with Gasteiger partial charge in [0.1, 0.15) is 0 Å². The van der Waals surface area contributed by atoms with Crippen LogP contribution in [0.1, 0.15) is 0 Å². The van der Waals surface area contributed by atoms with Crippen molar-refractivity contribution in [3.05, 3.63) is 0 Å². The third-order valence-corrected chi connectivity index (χ3v) is 0. The van der Waals surface area contributed by atoms with Crippen molar-refractivity contribution in [2.45, 2.75) is 0 Å². The predicted molar refractivity (Wildman–Crippen MR) is 2.75 cm³/mol. The molecule has 0 amide bonds. The fourth-order valence-electron chi connectivity index (χ4n) is 0. The summed E-state index contributed by atoms with van der Waals surface area (Å²) in [6, 6.07) is 0. The van der Waals surface area contributed by atoms with Crippen molar-refractivity contribution < 1.29 is 140 Å². The summed E-state index contributed by atoms with van der Waals surface area (Å²) in [6.07, 6.45) is 0. The second kappa shape index (κ2) is 10.3. The summed E-state index contributed by atoms with van der Waals surface area (Å²) < 4.78 is 68.8. The van der Waals surface area contributed by atoms with Crippen molar-refractivity contribution in [3.63, 3.8) is 0 Å². The maximum atomic E-state index is 8.59. The summed E-state index contributed by atoms with van der Waals surface area (Å²) in [5.74, 6) is 0. The van der Waals surface area contributed by atoms with Crippen LogP contribution in [0.3, 0.4) is 0 Å². The van der Waals surface area contributed by atoms with E-state index in [0.29, 0.717) is 0 Å². The van der Waals surface area contributed by atoms with Crippen LogP contribution >= 0.6 is 0 Å². The Hall–Kier alpha value is 2.78. The Labute approximate surface area is 137 Å². The number of rotatable bonds is 0. The zero-order valence-electron chi connectivity index (χ0n) is 4.90. The first-order chi connectivity index (χ1) is 4.00. The molecule has 0 heterocycles. The molecule has 0 aromatic carbocycles. The number of hydrogen-bond donors (Lipinski definition) is 0. The average molecular weight is 533 g/mol. The Morgan fingerprint density at radius 3 is 0.583 bits per heavy atom. The summed E-state index contributed by atoms with van der Waals surface area (Å²) >= 11 is -11.5. The van der Waals surface area contributed by atoms with Crippen molar-refractivity contribution in [3.8, 4) is 0 Å². The van der Waals surface area contributed by atoms with Crippen molar-refractivity contribution in [2.24, 2.45) is 0 Å². The van der Waals surface area contributed by atoms with E-state index in [9.17, 15) is 0 Å². The minimum atomic E-state index is -5.75. The van der Waals surface area contributed by atoms with E-state index in [1.54, 1.807) is 0 Å². The van der Waals surface area contributed by atoms with Crippen molar-refractivity contribution in [1.29, 1.82) is 0 Å². The maximum absolute atomic E-state index is 8.59. The summed E-state index contributed by atoms with van der Waals surface area (Å²) in [7, 11) is 0. The van der Waals surface area contributed by atoms with Gasteiger partial charge in [-0.2, -0.15) is 0 Å². The fraction of sp³-hybridized carbons (Fsp3) is 0. The Morgan fingerprint density at radius 2 is 0.583 bits per heavy atom. The van der Waals surface area contributed by atoms with Gasteiger partial charge in [0, 0.05) is 80.8 Å². The molecule has 0 aliphatic rings. The Bertz CT molecular complexity index is 211. The molecule has 0 aliphatic carbocycles. The van der Waals surface area contributed by atoms with E-state index in [0.717, 1.165) is 0 Å². The monoisotopic (exact) mass is 536 g/mol. The molecule has 0 aromatic heterocycles. The summed E-state index contributed by atoms with van der Waals surface area (Å²) in [5, 5.41) is 0. The zero-order valence-corrected chi connectivity index (χ0v) is 12.7. The first-order valence-corrected chi connectivity index (χ1v) is 5.50. The van der Waals surface area contributed by atoms with Crippen molar-refractivity contribution >= 4 is 0 Å². The van der Waals surface area contributed by atoms with Crippen LogP contribution in [0.15, 0.2) is 0 Å². The van der Waals surface area contributed by atoms with Gasteiger partial charge in [-0.05, 0) is 0 Å². The van der Waals surface area contributed by atoms with Gasteiger partial charge in [-0.3, -0.25) is 0 Å². The molecule has 8 nitrogen and oxygen atoms in total. The third-order valence-electron chi connectivity index (χ3n) is 0. The van der Waals surface area contributed by atoms with E-state index in [-0.39, 0.29) is 80.8 Å². The SMILES string of the molecule is [O]=[Cr](=[O])([O-])[O-].[O]=[Cr](=[O])([O-])[O-].[Sm].[Sm]. The molecule has 0 spiro atoms. The van der Waals surface area contributed by atoms with Gasteiger partial charge < -0.3 is 0 Å². The summed E-state index contributed by atoms with van der Waals surface area (Å²) in [6.45, 7) is 0. The van der Waals surface area contributed by atoms with Crippen LogP contribution in [0, 0.1) is 80.8 Å². The van der Waals surface area contributed by atoms with E-state index in [4.69, 9.17) is 31.8 Å². The molecule has 76 valence electrons. The van der Waals surface area contributed by atoms with Crippen LogP contribution in [-0.4, -0.2) is 0 Å². The van der Waals surface area contributed by atoms with Gasteiger partial charge in [-0.25, -0.2) is 0 Å². The summed E-state index contributed by atoms with van der Waals surface area (Å²) in [5.41, 5.74) is 0. The van der Waals surface area contributed by atoms with Gasteiger partial charge in [0.2, 0.25) is 0 Å². The van der Waals surface area contributed by atoms with Crippen LogP contribution in [0.25, 0.3) is 0 Å². The molecule has 0 aliphatic heterocycles. The van der Waals surface area contributed by atoms with Crippen molar-refractivity contribution in [2.75, 3.05) is 0 Å². The van der Waals surface area contributed by atoms with E-state index in [1.165, 1.54) is 0 Å². The first kappa shape index (κ1) is 24.2. The molecule has 12 heavy (non-hydrogen) atoms. The topological polar surface area (TPSA) is 161 Å². The molecule has 0 N–H and O–H groups in total. The third kappa shape index (κ3) is 229. The molecular formula is Cr2O8Sm2-4. The molecular weight excluding hydrogens is 533 g/mol. The van der Waals surface area contributed by atoms with Crippen LogP contribution < -0.4 is 16.6 Å². The fourth-order valence-corrected chi connectivity index (χ4v) is 0. The van der Waals surface area contributed by atoms with Gasteiger partial charge in [0.05, 0.1) is 0 Å². The maximum Gasteiger partial charge on any atom is 0 e. The van der Waals surface area contributed by atoms with Crippen LogP contribution in [0.4, 0.5) is 0 Å². The van der Waals surface area contributed by atoms with E-state index >= 15 is 0 Å². The summed E-state index contributed by atoms with van der Waals surface area (Å²) in [4.78, 5) is 0. The van der Waals surface area contributed by atoms with E-state index < -0.39 is 27.2 Å². The van der Waals surface area contributed by atoms with Crippen LogP contribution in [0.2, 0.25) is 0 Å². The first-order valence-electron chi connectivity index (χ1n) is 1.33. The van der Waals surface area contributed by atoms with E-state index in [2.05, 4.69) is 0 Å². The minimum absolute atomic E-state index is 0. The molecule has 0 unspecified atom stereocenters. The Balaban J connectivity index is -0.0000000457. The number of hydrogen-bond acceptors (Lipinski definition) is 8. The zero-order chi connectivity index (χ0) is 9.00. The van der Waals surface area contributed by atoms with Gasteiger partial charge >= 0.3 is 59.1 Å². The van der Waals surface area contributed by atoms with E-state index in [1.807, 2.05) is 0 Å². The smallest absolute Gasteiger partial charge is 0 e. The molecule has 0 bridgehead atoms. The standard InChI is InChI=1S/2Cr.8O.2Sm/q;;;;;;4*-1;;. The molecule has 0 saturated carbocycles. The molecule has 0 rings (SSSR count). The van der Waals surface area contributed by atoms with Crippen LogP contribution in [0.5, 0.6) is 0 Å².